The third-order valence-corrected chi connectivity index (χ3v) is 6.71. The number of hydrogen-bond donors (Lipinski definition) is 1. The number of nitrogens with one attached hydrogen (secondary N) is 1. The number of nitrogens with zero attached hydrogens (tertiary/aromatic N) is 1. The third kappa shape index (κ3) is 2.38. The molecule has 0 radical (unpaired) electrons. The molecule has 1 aliphatic rings. The first-order valence-corrected chi connectivity index (χ1v) is 8.53. The van der Waals surface area contributed by atoms with Crippen LogP contribution in [0.5, 0.6) is 0 Å². The zero-order valence-electron chi connectivity index (χ0n) is 9.55. The molecule has 0 bridgehead atoms. The molecule has 7 nitrogen and oxygen atoms in total. The Morgan fingerprint density at radius 2 is 1.81 bits per heavy atom. The number of anilines is 1. The molecule has 0 saturated carbocycles. The summed E-state index contributed by atoms with van der Waals surface area (Å²) in [5, 5.41) is 1.78. The highest BCUT2D eigenvalue weighted by atomic mass is 79.9. The highest BCUT2D eigenvalue weighted by molar-refractivity contribution is 9.10. The van der Waals surface area contributed by atoms with Gasteiger partial charge in [-0.15, -0.1) is 0 Å². The van der Waals surface area contributed by atoms with E-state index in [1.807, 2.05) is 0 Å². The van der Waals surface area contributed by atoms with Gasteiger partial charge in [-0.1, -0.05) is 19.6 Å². The highest BCUT2D eigenvalue weighted by Crippen LogP contribution is 2.38. The molecule has 2 amide bonds. The van der Waals surface area contributed by atoms with E-state index >= 15 is 0 Å². The molecule has 0 unspecified atom stereocenters. The van der Waals surface area contributed by atoms with Gasteiger partial charge in [0.1, 0.15) is 4.90 Å². The molecular weight excluding hydrogens is 405 g/mol. The molecule has 0 saturated heterocycles. The molecular formula is C8H4BrF3N2O5S2. The number of carbonyl (C=O) groups excluding carboxylic acids is 1. The van der Waals surface area contributed by atoms with Crippen molar-refractivity contribution in [3.05, 3.63) is 22.7 Å². The van der Waals surface area contributed by atoms with Gasteiger partial charge in [0.15, 0.2) is 0 Å². The summed E-state index contributed by atoms with van der Waals surface area (Å²) in [6.07, 6.45) is 0. The Morgan fingerprint density at radius 1 is 1.24 bits per heavy atom. The Bertz CT molecular complexity index is 834. The maximum absolute atomic E-state index is 12.5. The molecule has 0 aromatic heterocycles. The normalized spacial score (nSPS) is 18.1. The summed E-state index contributed by atoms with van der Waals surface area (Å²) in [4.78, 5) is 10.7. The Hall–Kier alpha value is -1.34. The summed E-state index contributed by atoms with van der Waals surface area (Å²) in [5.41, 5.74) is -6.27. The molecule has 116 valence electrons. The lowest BCUT2D eigenvalue weighted by molar-refractivity contribution is -0.0462. The van der Waals surface area contributed by atoms with Crippen LogP contribution in [0, 0.1) is 0 Å². The number of fused-ring (bicyclic) bond motifs is 1. The second kappa shape index (κ2) is 4.58. The van der Waals surface area contributed by atoms with Crippen LogP contribution in [-0.2, 0) is 20.0 Å². The van der Waals surface area contributed by atoms with E-state index in [4.69, 9.17) is 0 Å². The minimum absolute atomic E-state index is 0.172. The summed E-state index contributed by atoms with van der Waals surface area (Å²) < 4.78 is 83.1. The number of carbonyl (C=O) groups is 1. The van der Waals surface area contributed by atoms with Crippen molar-refractivity contribution in [2.45, 2.75) is 10.4 Å². The van der Waals surface area contributed by atoms with Crippen LogP contribution >= 0.6 is 15.9 Å². The number of hydrogen-bond acceptors (Lipinski definition) is 5. The smallest absolute Gasteiger partial charge is 0.305 e. The molecule has 1 heterocycles. The van der Waals surface area contributed by atoms with Gasteiger partial charge >= 0.3 is 21.6 Å². The summed E-state index contributed by atoms with van der Waals surface area (Å²) >= 11 is 2.90. The molecule has 13 heteroatoms. The number of amides is 2. The topological polar surface area (TPSA) is 101 Å². The summed E-state index contributed by atoms with van der Waals surface area (Å²) in [7, 11) is -11.6. The van der Waals surface area contributed by atoms with E-state index in [1.54, 1.807) is 5.32 Å². The Kier molecular flexibility index (Phi) is 3.50. The minimum atomic E-state index is -6.39. The van der Waals surface area contributed by atoms with E-state index < -0.39 is 40.2 Å². The van der Waals surface area contributed by atoms with Gasteiger partial charge in [-0.3, -0.25) is 0 Å². The van der Waals surface area contributed by atoms with Crippen molar-refractivity contribution in [3.8, 4) is 0 Å². The second-order valence-corrected chi connectivity index (χ2v) is 8.40. The maximum atomic E-state index is 12.5. The molecule has 2 rings (SSSR count). The fourth-order valence-corrected chi connectivity index (χ4v) is 5.11. The van der Waals surface area contributed by atoms with Gasteiger partial charge < -0.3 is 5.32 Å². The molecule has 1 aromatic carbocycles. The predicted molar refractivity (Wildman–Crippen MR) is 67.2 cm³/mol. The van der Waals surface area contributed by atoms with Gasteiger partial charge in [0.05, 0.1) is 5.69 Å². The third-order valence-electron chi connectivity index (χ3n) is 2.36. The first kappa shape index (κ1) is 16.0. The first-order valence-electron chi connectivity index (χ1n) is 4.86. The zero-order valence-corrected chi connectivity index (χ0v) is 12.8. The largest absolute Gasteiger partial charge is 0.517 e. The monoisotopic (exact) mass is 408 g/mol. The van der Waals surface area contributed by atoms with Crippen LogP contribution in [0.25, 0.3) is 0 Å². The quantitative estimate of drug-likeness (QED) is 0.763. The molecule has 21 heavy (non-hydrogen) atoms. The fourth-order valence-electron chi connectivity index (χ4n) is 1.50. The zero-order chi connectivity index (χ0) is 16.2. The predicted octanol–water partition coefficient (Wildman–Crippen LogP) is 1.83. The number of rotatable bonds is 1. The van der Waals surface area contributed by atoms with Gasteiger partial charge in [-0.05, 0) is 18.2 Å². The first-order chi connectivity index (χ1) is 9.39. The van der Waals surface area contributed by atoms with Gasteiger partial charge in [-0.25, -0.2) is 4.79 Å². The maximum Gasteiger partial charge on any atom is 0.517 e. The van der Waals surface area contributed by atoms with E-state index in [2.05, 4.69) is 15.9 Å². The molecule has 1 aromatic rings. The van der Waals surface area contributed by atoms with E-state index in [0.29, 0.717) is 0 Å². The van der Waals surface area contributed by atoms with Crippen LogP contribution in [-0.4, -0.2) is 32.1 Å². The molecule has 0 spiro atoms. The van der Waals surface area contributed by atoms with Crippen LogP contribution in [0.4, 0.5) is 23.7 Å². The van der Waals surface area contributed by atoms with Gasteiger partial charge in [0.2, 0.25) is 0 Å². The lowest BCUT2D eigenvalue weighted by Crippen LogP contribution is -2.51. The fraction of sp³-hybridized carbons (Fsp3) is 0.125. The number of halogens is 4. The minimum Gasteiger partial charge on any atom is -0.305 e. The second-order valence-electron chi connectivity index (χ2n) is 3.72. The van der Waals surface area contributed by atoms with E-state index in [-0.39, 0.29) is 10.2 Å². The van der Waals surface area contributed by atoms with Crippen LogP contribution in [0.15, 0.2) is 27.6 Å². The van der Waals surface area contributed by atoms with Crippen molar-refractivity contribution in [1.29, 1.82) is 0 Å². The van der Waals surface area contributed by atoms with Crippen LogP contribution in [0.1, 0.15) is 0 Å². The van der Waals surface area contributed by atoms with Crippen molar-refractivity contribution < 1.29 is 34.8 Å². The molecule has 0 aliphatic carbocycles. The Balaban J connectivity index is 2.76. The average Bonchev–Trinajstić information content (AvgIpc) is 2.28. The van der Waals surface area contributed by atoms with E-state index in [1.165, 1.54) is 6.07 Å². The molecule has 1 N–H and O–H groups in total. The standard InChI is InChI=1S/C8H4BrF3N2O5S2/c9-4-1-2-5-6(3-4)20(16,17)14(7(15)13-5)21(18,19)8(10,11)12/h1-3H,(H,13,15). The van der Waals surface area contributed by atoms with E-state index in [0.717, 1.165) is 12.1 Å². The average molecular weight is 409 g/mol. The van der Waals surface area contributed by atoms with Gasteiger partial charge in [-0.2, -0.15) is 30.0 Å². The number of urea groups is 1. The van der Waals surface area contributed by atoms with Crippen molar-refractivity contribution in [3.63, 3.8) is 0 Å². The number of benzene rings is 1. The van der Waals surface area contributed by atoms with Crippen LogP contribution in [0.2, 0.25) is 0 Å². The Labute approximate surface area is 125 Å². The number of sulfonamides is 2. The lowest BCUT2D eigenvalue weighted by Gasteiger charge is -2.28. The summed E-state index contributed by atoms with van der Waals surface area (Å²) in [6, 6.07) is 1.37. The van der Waals surface area contributed by atoms with Crippen molar-refractivity contribution in [2.24, 2.45) is 0 Å². The van der Waals surface area contributed by atoms with Crippen molar-refractivity contribution >= 4 is 47.7 Å². The van der Waals surface area contributed by atoms with Crippen LogP contribution < -0.4 is 5.32 Å². The molecule has 0 atom stereocenters. The highest BCUT2D eigenvalue weighted by Gasteiger charge is 2.58. The SMILES string of the molecule is O=C1Nc2ccc(Br)cc2S(=O)(=O)N1S(=O)(=O)C(F)(F)F. The van der Waals surface area contributed by atoms with Crippen molar-refractivity contribution in [1.82, 2.24) is 3.71 Å². The van der Waals surface area contributed by atoms with Gasteiger partial charge in [0, 0.05) is 4.47 Å². The summed E-state index contributed by atoms with van der Waals surface area (Å²) in [5.74, 6) is 0. The lowest BCUT2D eigenvalue weighted by atomic mass is 10.3. The Morgan fingerprint density at radius 3 is 2.33 bits per heavy atom. The van der Waals surface area contributed by atoms with Crippen molar-refractivity contribution in [2.75, 3.05) is 5.32 Å². The van der Waals surface area contributed by atoms with Gasteiger partial charge in [0.25, 0.3) is 10.0 Å². The molecule has 1 aliphatic heterocycles. The van der Waals surface area contributed by atoms with E-state index in [9.17, 15) is 34.8 Å². The van der Waals surface area contributed by atoms with Crippen LogP contribution in [0.3, 0.4) is 0 Å². The number of alkyl halides is 3. The summed E-state index contributed by atoms with van der Waals surface area (Å²) in [6.45, 7) is 0. The molecule has 0 fully saturated rings.